The molecule has 26 heavy (non-hydrogen) atoms. The number of piperazine rings is 1. The van der Waals surface area contributed by atoms with E-state index in [2.05, 4.69) is 39.9 Å². The van der Waals surface area contributed by atoms with E-state index in [-0.39, 0.29) is 5.91 Å². The Balaban J connectivity index is 1.67. The SMILES string of the molecule is CCCCOc1ccc(Br)cc1C(=O)N1CCN(c2ccccc2)CC1. The Morgan fingerprint density at radius 2 is 1.81 bits per heavy atom. The van der Waals surface area contributed by atoms with Gasteiger partial charge in [-0.15, -0.1) is 0 Å². The van der Waals surface area contributed by atoms with Crippen LogP contribution < -0.4 is 9.64 Å². The lowest BCUT2D eigenvalue weighted by molar-refractivity contribution is 0.0742. The zero-order valence-corrected chi connectivity index (χ0v) is 16.7. The molecule has 3 rings (SSSR count). The molecule has 0 radical (unpaired) electrons. The van der Waals surface area contributed by atoms with E-state index in [1.807, 2.05) is 41.3 Å². The number of para-hydroxylation sites is 1. The number of halogens is 1. The standard InChI is InChI=1S/C21H25BrN2O2/c1-2-3-15-26-20-10-9-17(22)16-19(20)21(25)24-13-11-23(12-14-24)18-7-5-4-6-8-18/h4-10,16H,2-3,11-15H2,1H3. The number of carbonyl (C=O) groups is 1. The average Bonchev–Trinajstić information content (AvgIpc) is 2.69. The van der Waals surface area contributed by atoms with Crippen LogP contribution >= 0.6 is 15.9 Å². The highest BCUT2D eigenvalue weighted by Crippen LogP contribution is 2.26. The summed E-state index contributed by atoms with van der Waals surface area (Å²) in [5.41, 5.74) is 1.86. The molecule has 138 valence electrons. The van der Waals surface area contributed by atoms with Crippen LogP contribution in [0.25, 0.3) is 0 Å². The lowest BCUT2D eigenvalue weighted by Crippen LogP contribution is -2.48. The van der Waals surface area contributed by atoms with Gasteiger partial charge in [0.1, 0.15) is 5.75 Å². The first kappa shape index (κ1) is 18.8. The normalized spacial score (nSPS) is 14.4. The van der Waals surface area contributed by atoms with Crippen molar-refractivity contribution in [1.82, 2.24) is 4.90 Å². The molecular weight excluding hydrogens is 392 g/mol. The number of hydrogen-bond acceptors (Lipinski definition) is 3. The van der Waals surface area contributed by atoms with E-state index in [9.17, 15) is 4.79 Å². The Morgan fingerprint density at radius 3 is 2.50 bits per heavy atom. The summed E-state index contributed by atoms with van der Waals surface area (Å²) < 4.78 is 6.75. The van der Waals surface area contributed by atoms with Crippen LogP contribution in [0.4, 0.5) is 5.69 Å². The fourth-order valence-electron chi connectivity index (χ4n) is 3.10. The van der Waals surface area contributed by atoms with Gasteiger partial charge in [0.05, 0.1) is 12.2 Å². The molecule has 1 fully saturated rings. The molecular formula is C21H25BrN2O2. The van der Waals surface area contributed by atoms with Crippen molar-refractivity contribution in [2.45, 2.75) is 19.8 Å². The average molecular weight is 417 g/mol. The lowest BCUT2D eigenvalue weighted by Gasteiger charge is -2.36. The smallest absolute Gasteiger partial charge is 0.257 e. The van der Waals surface area contributed by atoms with Crippen LogP contribution in [-0.2, 0) is 0 Å². The first-order valence-corrected chi connectivity index (χ1v) is 10.00. The Bertz CT molecular complexity index is 728. The molecule has 4 nitrogen and oxygen atoms in total. The number of hydrogen-bond donors (Lipinski definition) is 0. The van der Waals surface area contributed by atoms with E-state index >= 15 is 0 Å². The number of unbranched alkanes of at least 4 members (excludes halogenated alkanes) is 1. The van der Waals surface area contributed by atoms with Gasteiger partial charge in [0, 0.05) is 36.3 Å². The van der Waals surface area contributed by atoms with E-state index in [4.69, 9.17) is 4.74 Å². The minimum atomic E-state index is 0.0468. The minimum absolute atomic E-state index is 0.0468. The number of carbonyl (C=O) groups excluding carboxylic acids is 1. The second kappa shape index (κ2) is 9.08. The third-order valence-corrected chi connectivity index (χ3v) is 5.11. The maximum Gasteiger partial charge on any atom is 0.257 e. The molecule has 1 saturated heterocycles. The maximum absolute atomic E-state index is 13.1. The zero-order valence-electron chi connectivity index (χ0n) is 15.2. The van der Waals surface area contributed by atoms with Gasteiger partial charge in [0.15, 0.2) is 0 Å². The van der Waals surface area contributed by atoms with Crippen molar-refractivity contribution in [3.05, 3.63) is 58.6 Å². The van der Waals surface area contributed by atoms with Crippen molar-refractivity contribution in [1.29, 1.82) is 0 Å². The first-order valence-electron chi connectivity index (χ1n) is 9.20. The summed E-state index contributed by atoms with van der Waals surface area (Å²) in [5, 5.41) is 0. The monoisotopic (exact) mass is 416 g/mol. The molecule has 0 spiro atoms. The largest absolute Gasteiger partial charge is 0.493 e. The number of nitrogens with zero attached hydrogens (tertiary/aromatic N) is 2. The van der Waals surface area contributed by atoms with Gasteiger partial charge in [-0.25, -0.2) is 0 Å². The predicted molar refractivity (Wildman–Crippen MR) is 109 cm³/mol. The maximum atomic E-state index is 13.1. The van der Waals surface area contributed by atoms with Crippen LogP contribution in [0.15, 0.2) is 53.0 Å². The lowest BCUT2D eigenvalue weighted by atomic mass is 10.1. The van der Waals surface area contributed by atoms with E-state index in [0.717, 1.165) is 30.4 Å². The molecule has 1 amide bonds. The van der Waals surface area contributed by atoms with Crippen molar-refractivity contribution in [2.24, 2.45) is 0 Å². The highest BCUT2D eigenvalue weighted by Gasteiger charge is 2.24. The molecule has 0 aromatic heterocycles. The highest BCUT2D eigenvalue weighted by atomic mass is 79.9. The topological polar surface area (TPSA) is 32.8 Å². The molecule has 2 aromatic carbocycles. The van der Waals surface area contributed by atoms with Gasteiger partial charge in [0.2, 0.25) is 0 Å². The molecule has 0 aliphatic carbocycles. The van der Waals surface area contributed by atoms with Gasteiger partial charge >= 0.3 is 0 Å². The summed E-state index contributed by atoms with van der Waals surface area (Å²) in [6.45, 7) is 5.89. The molecule has 0 bridgehead atoms. The van der Waals surface area contributed by atoms with Crippen molar-refractivity contribution < 1.29 is 9.53 Å². The molecule has 2 aromatic rings. The van der Waals surface area contributed by atoms with E-state index in [1.165, 1.54) is 5.69 Å². The zero-order chi connectivity index (χ0) is 18.4. The van der Waals surface area contributed by atoms with Crippen molar-refractivity contribution in [3.8, 4) is 5.75 Å². The molecule has 0 unspecified atom stereocenters. The van der Waals surface area contributed by atoms with Gasteiger partial charge in [-0.2, -0.15) is 0 Å². The molecule has 1 aliphatic heterocycles. The van der Waals surface area contributed by atoms with Crippen LogP contribution in [0, 0.1) is 0 Å². The van der Waals surface area contributed by atoms with E-state index < -0.39 is 0 Å². The fraction of sp³-hybridized carbons (Fsp3) is 0.381. The van der Waals surface area contributed by atoms with Crippen LogP contribution in [0.3, 0.4) is 0 Å². The predicted octanol–water partition coefficient (Wildman–Crippen LogP) is 4.59. The summed E-state index contributed by atoms with van der Waals surface area (Å²) in [7, 11) is 0. The van der Waals surface area contributed by atoms with Gasteiger partial charge in [-0.05, 0) is 36.8 Å². The van der Waals surface area contributed by atoms with Crippen LogP contribution in [0.2, 0.25) is 0 Å². The quantitative estimate of drug-likeness (QED) is 0.645. The molecule has 1 aliphatic rings. The molecule has 0 saturated carbocycles. The minimum Gasteiger partial charge on any atom is -0.493 e. The Kier molecular flexibility index (Phi) is 6.56. The Labute approximate surface area is 163 Å². The number of rotatable bonds is 6. The number of anilines is 1. The third-order valence-electron chi connectivity index (χ3n) is 4.62. The second-order valence-electron chi connectivity index (χ2n) is 6.46. The van der Waals surface area contributed by atoms with Crippen molar-refractivity contribution in [3.63, 3.8) is 0 Å². The molecule has 0 N–H and O–H groups in total. The number of amides is 1. The van der Waals surface area contributed by atoms with E-state index in [0.29, 0.717) is 31.0 Å². The fourth-order valence-corrected chi connectivity index (χ4v) is 3.46. The Hall–Kier alpha value is -2.01. The van der Waals surface area contributed by atoms with Gasteiger partial charge < -0.3 is 14.5 Å². The number of ether oxygens (including phenoxy) is 1. The van der Waals surface area contributed by atoms with Crippen LogP contribution in [0.1, 0.15) is 30.1 Å². The van der Waals surface area contributed by atoms with Crippen LogP contribution in [0.5, 0.6) is 5.75 Å². The Morgan fingerprint density at radius 1 is 1.08 bits per heavy atom. The summed E-state index contributed by atoms with van der Waals surface area (Å²) in [6.07, 6.45) is 2.06. The van der Waals surface area contributed by atoms with Crippen molar-refractivity contribution >= 4 is 27.5 Å². The third kappa shape index (κ3) is 4.58. The summed E-state index contributed by atoms with van der Waals surface area (Å²) in [6, 6.07) is 16.0. The van der Waals surface area contributed by atoms with Crippen LogP contribution in [-0.4, -0.2) is 43.6 Å². The highest BCUT2D eigenvalue weighted by molar-refractivity contribution is 9.10. The summed E-state index contributed by atoms with van der Waals surface area (Å²) in [5.74, 6) is 0.725. The summed E-state index contributed by atoms with van der Waals surface area (Å²) in [4.78, 5) is 17.3. The van der Waals surface area contributed by atoms with E-state index in [1.54, 1.807) is 0 Å². The van der Waals surface area contributed by atoms with Gasteiger partial charge in [0.25, 0.3) is 5.91 Å². The molecule has 5 heteroatoms. The number of benzene rings is 2. The summed E-state index contributed by atoms with van der Waals surface area (Å²) >= 11 is 3.48. The molecule has 0 atom stereocenters. The van der Waals surface area contributed by atoms with Crippen molar-refractivity contribution in [2.75, 3.05) is 37.7 Å². The first-order chi connectivity index (χ1) is 12.7. The van der Waals surface area contributed by atoms with Gasteiger partial charge in [-0.1, -0.05) is 47.5 Å². The molecule has 1 heterocycles. The van der Waals surface area contributed by atoms with Gasteiger partial charge in [-0.3, -0.25) is 4.79 Å². The second-order valence-corrected chi connectivity index (χ2v) is 7.37.